The Morgan fingerprint density at radius 2 is 1.44 bits per heavy atom. The molecule has 0 amide bonds. The van der Waals surface area contributed by atoms with Gasteiger partial charge in [0.05, 0.1) is 6.10 Å². The average Bonchev–Trinajstić information content (AvgIpc) is 2.92. The summed E-state index contributed by atoms with van der Waals surface area (Å²) in [4.78, 5) is 0. The van der Waals surface area contributed by atoms with Crippen LogP contribution in [0.2, 0.25) is 0 Å². The highest BCUT2D eigenvalue weighted by molar-refractivity contribution is 5.31. The van der Waals surface area contributed by atoms with Crippen LogP contribution in [0.4, 0.5) is 0 Å². The van der Waals surface area contributed by atoms with E-state index in [1.165, 1.54) is 32.1 Å². The molecule has 1 heteroatoms. The number of hydrogen-bond donors (Lipinski definition) is 0. The van der Waals surface area contributed by atoms with Gasteiger partial charge in [-0.05, 0) is 145 Å². The maximum absolute atomic E-state index is 5.84. The van der Waals surface area contributed by atoms with Crippen LogP contribution in [0.25, 0.3) is 0 Å². The Morgan fingerprint density at radius 1 is 0.837 bits per heavy atom. The third-order valence-electron chi connectivity index (χ3n) is 17.2. The van der Waals surface area contributed by atoms with Crippen LogP contribution in [0.15, 0.2) is 11.1 Å². The van der Waals surface area contributed by atoms with Gasteiger partial charge in [-0.2, -0.15) is 0 Å². The zero-order chi connectivity index (χ0) is 32.6. The number of allylic oxidation sites excluding steroid dienone is 2. The van der Waals surface area contributed by atoms with Gasteiger partial charge in [-0.15, -0.1) is 0 Å². The van der Waals surface area contributed by atoms with Crippen molar-refractivity contribution >= 4 is 0 Å². The molecular formula is C42H76O. The zero-order valence-corrected chi connectivity index (χ0v) is 32.1. The van der Waals surface area contributed by atoms with Crippen LogP contribution >= 0.6 is 0 Å². The van der Waals surface area contributed by atoms with Crippen LogP contribution in [0.5, 0.6) is 0 Å². The van der Waals surface area contributed by atoms with Gasteiger partial charge in [-0.3, -0.25) is 0 Å². The van der Waals surface area contributed by atoms with E-state index in [9.17, 15) is 0 Å². The van der Waals surface area contributed by atoms with Crippen molar-refractivity contribution in [2.75, 3.05) is 7.11 Å². The molecule has 0 aromatic rings. The lowest BCUT2D eigenvalue weighted by atomic mass is 9.29. The molecule has 3 saturated carbocycles. The van der Waals surface area contributed by atoms with Gasteiger partial charge in [-0.25, -0.2) is 0 Å². The zero-order valence-electron chi connectivity index (χ0n) is 32.1. The summed E-state index contributed by atoms with van der Waals surface area (Å²) in [5, 5.41) is 0. The van der Waals surface area contributed by atoms with Crippen LogP contribution in [0, 0.1) is 99.1 Å². The van der Waals surface area contributed by atoms with Crippen molar-refractivity contribution in [1.29, 1.82) is 0 Å². The SMILES string of the molecule is COC(C)C(CC(C)CC1CCC2C(C1C)C(C)C1C(C)C3(C)C(C)C(C(C)C)=C(C)CC3(C)C(C)C1(C)C2C)C(C)C. The fourth-order valence-corrected chi connectivity index (χ4v) is 14.5. The molecule has 0 heterocycles. The smallest absolute Gasteiger partial charge is 0.0573 e. The summed E-state index contributed by atoms with van der Waals surface area (Å²) in [7, 11) is 1.90. The minimum Gasteiger partial charge on any atom is -0.381 e. The molecule has 4 aliphatic rings. The van der Waals surface area contributed by atoms with E-state index in [2.05, 4.69) is 111 Å². The van der Waals surface area contributed by atoms with Crippen molar-refractivity contribution in [3.05, 3.63) is 11.1 Å². The highest BCUT2D eigenvalue weighted by atomic mass is 16.5. The van der Waals surface area contributed by atoms with Gasteiger partial charge in [0, 0.05) is 7.11 Å². The number of methoxy groups -OCH3 is 1. The van der Waals surface area contributed by atoms with Crippen molar-refractivity contribution in [3.8, 4) is 0 Å². The largest absolute Gasteiger partial charge is 0.381 e. The quantitative estimate of drug-likeness (QED) is 0.253. The molecular weight excluding hydrogens is 520 g/mol. The lowest BCUT2D eigenvalue weighted by Crippen LogP contribution is -2.70. The Hall–Kier alpha value is -0.300. The molecule has 0 N–H and O–H groups in total. The first-order valence-electron chi connectivity index (χ1n) is 19.0. The van der Waals surface area contributed by atoms with E-state index in [4.69, 9.17) is 4.74 Å². The van der Waals surface area contributed by atoms with Crippen molar-refractivity contribution < 1.29 is 4.74 Å². The van der Waals surface area contributed by atoms with Gasteiger partial charge in [0.25, 0.3) is 0 Å². The summed E-state index contributed by atoms with van der Waals surface area (Å²) >= 11 is 0. The van der Waals surface area contributed by atoms with Gasteiger partial charge in [0.2, 0.25) is 0 Å². The van der Waals surface area contributed by atoms with Crippen LogP contribution in [0.1, 0.15) is 143 Å². The molecule has 0 bridgehead atoms. The minimum absolute atomic E-state index is 0.340. The normalized spacial score (nSPS) is 48.9. The first kappa shape index (κ1) is 35.6. The van der Waals surface area contributed by atoms with Crippen molar-refractivity contribution in [2.45, 2.75) is 149 Å². The van der Waals surface area contributed by atoms with E-state index in [1.807, 2.05) is 7.11 Å². The van der Waals surface area contributed by atoms with Gasteiger partial charge >= 0.3 is 0 Å². The van der Waals surface area contributed by atoms with Gasteiger partial charge in [-0.1, -0.05) is 108 Å². The maximum Gasteiger partial charge on any atom is 0.0573 e. The Labute approximate surface area is 270 Å². The van der Waals surface area contributed by atoms with E-state index < -0.39 is 0 Å². The van der Waals surface area contributed by atoms with Crippen LogP contribution in [-0.2, 0) is 4.74 Å². The molecule has 0 aliphatic heterocycles. The second-order valence-corrected chi connectivity index (χ2v) is 18.9. The molecule has 43 heavy (non-hydrogen) atoms. The second kappa shape index (κ2) is 12.4. The van der Waals surface area contributed by atoms with Gasteiger partial charge in [0.1, 0.15) is 0 Å². The molecule has 4 aliphatic carbocycles. The van der Waals surface area contributed by atoms with Crippen LogP contribution in [0.3, 0.4) is 0 Å². The topological polar surface area (TPSA) is 9.23 Å². The van der Waals surface area contributed by atoms with E-state index in [0.29, 0.717) is 46.0 Å². The van der Waals surface area contributed by atoms with E-state index in [0.717, 1.165) is 59.2 Å². The lowest BCUT2D eigenvalue weighted by molar-refractivity contribution is -0.267. The van der Waals surface area contributed by atoms with Gasteiger partial charge < -0.3 is 4.74 Å². The summed E-state index contributed by atoms with van der Waals surface area (Å²) in [6, 6.07) is 0. The standard InChI is InChI=1S/C42H76O/c1-23(2)36(32(12)43-17)21-25(5)20-34-18-19-35-29(9)41(15)33(13)40(14)22-26(6)37(24(3)4)30(10)42(40,16)31(11)39(41)28(8)38(35)27(34)7/h23-25,27-36,38-39H,18-22H2,1-17H3. The molecule has 0 aromatic heterocycles. The Balaban J connectivity index is 1.66. The van der Waals surface area contributed by atoms with E-state index in [1.54, 1.807) is 11.1 Å². The molecule has 16 unspecified atom stereocenters. The third-order valence-corrected chi connectivity index (χ3v) is 17.2. The van der Waals surface area contributed by atoms with E-state index >= 15 is 0 Å². The number of ether oxygens (including phenoxy) is 1. The number of fused-ring (bicyclic) bond motifs is 3. The monoisotopic (exact) mass is 597 g/mol. The Kier molecular flexibility index (Phi) is 10.2. The molecule has 4 rings (SSSR count). The fourth-order valence-electron chi connectivity index (χ4n) is 14.5. The number of rotatable bonds is 8. The molecule has 0 radical (unpaired) electrons. The van der Waals surface area contributed by atoms with Gasteiger partial charge in [0.15, 0.2) is 0 Å². The first-order valence-corrected chi connectivity index (χ1v) is 19.0. The molecule has 16 atom stereocenters. The van der Waals surface area contributed by atoms with Crippen molar-refractivity contribution in [2.24, 2.45) is 99.1 Å². The van der Waals surface area contributed by atoms with E-state index in [-0.39, 0.29) is 0 Å². The maximum atomic E-state index is 5.84. The molecule has 250 valence electrons. The Bertz CT molecular complexity index is 1010. The number of hydrogen-bond acceptors (Lipinski definition) is 1. The highest BCUT2D eigenvalue weighted by Crippen LogP contribution is 2.77. The predicted molar refractivity (Wildman–Crippen MR) is 188 cm³/mol. The average molecular weight is 597 g/mol. The Morgan fingerprint density at radius 3 is 1.98 bits per heavy atom. The second-order valence-electron chi connectivity index (χ2n) is 18.9. The molecule has 0 saturated heterocycles. The minimum atomic E-state index is 0.340. The summed E-state index contributed by atoms with van der Waals surface area (Å²) in [6.07, 6.45) is 7.29. The lowest BCUT2D eigenvalue weighted by Gasteiger charge is -2.75. The molecule has 3 fully saturated rings. The summed E-state index contributed by atoms with van der Waals surface area (Å²) in [6.45, 7) is 41.6. The first-order chi connectivity index (χ1) is 19.8. The fraction of sp³-hybridized carbons (Fsp3) is 0.952. The molecule has 1 nitrogen and oxygen atoms in total. The summed E-state index contributed by atoms with van der Waals surface area (Å²) < 4.78 is 5.84. The third kappa shape index (κ3) is 5.17. The van der Waals surface area contributed by atoms with Crippen LogP contribution in [-0.4, -0.2) is 13.2 Å². The summed E-state index contributed by atoms with van der Waals surface area (Å²) in [5.74, 6) is 10.8. The molecule has 0 aromatic carbocycles. The predicted octanol–water partition coefficient (Wildman–Crippen LogP) is 12.2. The highest BCUT2D eigenvalue weighted by Gasteiger charge is 2.71. The van der Waals surface area contributed by atoms with Crippen molar-refractivity contribution in [3.63, 3.8) is 0 Å². The summed E-state index contributed by atoms with van der Waals surface area (Å²) in [5.41, 5.74) is 4.61. The molecule has 0 spiro atoms. The van der Waals surface area contributed by atoms with Crippen molar-refractivity contribution in [1.82, 2.24) is 0 Å². The van der Waals surface area contributed by atoms with Crippen LogP contribution < -0.4 is 0 Å².